The van der Waals surface area contributed by atoms with E-state index in [0.717, 1.165) is 21.3 Å². The zero-order valence-electron chi connectivity index (χ0n) is 17.1. The van der Waals surface area contributed by atoms with Crippen molar-refractivity contribution in [1.29, 1.82) is 0 Å². The van der Waals surface area contributed by atoms with Gasteiger partial charge in [0.05, 0.1) is 12.8 Å². The average molecular weight is 483 g/mol. The van der Waals surface area contributed by atoms with Gasteiger partial charge in [-0.3, -0.25) is 4.79 Å². The number of benzene rings is 3. The predicted molar refractivity (Wildman–Crippen MR) is 124 cm³/mol. The number of ether oxygens (including phenoxy) is 3. The number of nitrogens with zero attached hydrogens (tertiary/aromatic N) is 1. The van der Waals surface area contributed by atoms with Crippen LogP contribution in [0.3, 0.4) is 0 Å². The molecule has 0 atom stereocenters. The van der Waals surface area contributed by atoms with Gasteiger partial charge >= 0.3 is 0 Å². The summed E-state index contributed by atoms with van der Waals surface area (Å²) in [6, 6.07) is 22.6. The zero-order chi connectivity index (χ0) is 21.9. The fraction of sp³-hybridized carbons (Fsp3) is 0.167. The van der Waals surface area contributed by atoms with Gasteiger partial charge in [0.15, 0.2) is 6.61 Å². The molecular formula is C24H23BrN2O4. The normalized spacial score (nSPS) is 10.6. The highest BCUT2D eigenvalue weighted by molar-refractivity contribution is 9.10. The largest absolute Gasteiger partial charge is 0.494 e. The molecule has 6 nitrogen and oxygen atoms in total. The van der Waals surface area contributed by atoms with Gasteiger partial charge in [-0.2, -0.15) is 5.10 Å². The lowest BCUT2D eigenvalue weighted by Gasteiger charge is -2.10. The summed E-state index contributed by atoms with van der Waals surface area (Å²) in [5, 5.41) is 4.02. The van der Waals surface area contributed by atoms with Crippen LogP contribution >= 0.6 is 15.9 Å². The van der Waals surface area contributed by atoms with Gasteiger partial charge in [-0.1, -0.05) is 46.3 Å². The van der Waals surface area contributed by atoms with E-state index >= 15 is 0 Å². The molecule has 0 unspecified atom stereocenters. The Bertz CT molecular complexity index is 1010. The van der Waals surface area contributed by atoms with E-state index < -0.39 is 0 Å². The van der Waals surface area contributed by atoms with Crippen LogP contribution in [0.1, 0.15) is 18.1 Å². The summed E-state index contributed by atoms with van der Waals surface area (Å²) >= 11 is 3.45. The Morgan fingerprint density at radius 1 is 0.968 bits per heavy atom. The summed E-state index contributed by atoms with van der Waals surface area (Å²) in [5.74, 6) is 1.62. The third-order valence-electron chi connectivity index (χ3n) is 4.11. The summed E-state index contributed by atoms with van der Waals surface area (Å²) in [4.78, 5) is 12.0. The number of hydrogen-bond acceptors (Lipinski definition) is 5. The van der Waals surface area contributed by atoms with Crippen LogP contribution in [0, 0.1) is 0 Å². The molecule has 0 aliphatic rings. The van der Waals surface area contributed by atoms with Crippen molar-refractivity contribution >= 4 is 28.1 Å². The van der Waals surface area contributed by atoms with Gasteiger partial charge in [-0.05, 0) is 55.0 Å². The quantitative estimate of drug-likeness (QED) is 0.327. The SMILES string of the molecule is CCOc1ccc(OCC(=O)N/N=C/c2cc(Br)ccc2OCc2ccccc2)cc1. The molecule has 3 rings (SSSR count). The van der Waals surface area contributed by atoms with Gasteiger partial charge in [0.25, 0.3) is 5.91 Å². The van der Waals surface area contributed by atoms with E-state index in [1.54, 1.807) is 30.5 Å². The lowest BCUT2D eigenvalue weighted by atomic mass is 10.2. The second-order valence-corrected chi connectivity index (χ2v) is 7.36. The van der Waals surface area contributed by atoms with Crippen molar-refractivity contribution in [3.63, 3.8) is 0 Å². The van der Waals surface area contributed by atoms with E-state index in [9.17, 15) is 4.79 Å². The first kappa shape index (κ1) is 22.4. The standard InChI is InChI=1S/C24H23BrN2O4/c1-2-29-21-9-11-22(12-10-21)30-17-24(28)27-26-15-19-14-20(25)8-13-23(19)31-16-18-6-4-3-5-7-18/h3-15H,2,16-17H2,1H3,(H,27,28)/b26-15+. The van der Waals surface area contributed by atoms with Crippen molar-refractivity contribution in [3.8, 4) is 17.2 Å². The fourth-order valence-electron chi connectivity index (χ4n) is 2.64. The van der Waals surface area contributed by atoms with Crippen LogP contribution < -0.4 is 19.6 Å². The molecule has 0 aliphatic carbocycles. The number of hydrazone groups is 1. The average Bonchev–Trinajstić information content (AvgIpc) is 2.79. The van der Waals surface area contributed by atoms with E-state index in [1.807, 2.05) is 55.5 Å². The number of nitrogens with one attached hydrogen (secondary N) is 1. The highest BCUT2D eigenvalue weighted by Gasteiger charge is 2.05. The Morgan fingerprint density at radius 2 is 1.68 bits per heavy atom. The maximum absolute atomic E-state index is 12.0. The summed E-state index contributed by atoms with van der Waals surface area (Å²) in [5.41, 5.74) is 4.26. The molecule has 0 spiro atoms. The third-order valence-corrected chi connectivity index (χ3v) is 4.60. The number of halogens is 1. The van der Waals surface area contributed by atoms with Crippen LogP contribution in [0.15, 0.2) is 82.4 Å². The van der Waals surface area contributed by atoms with Crippen molar-refractivity contribution in [2.75, 3.05) is 13.2 Å². The molecule has 31 heavy (non-hydrogen) atoms. The molecule has 3 aromatic carbocycles. The number of amides is 1. The van der Waals surface area contributed by atoms with E-state index in [4.69, 9.17) is 14.2 Å². The van der Waals surface area contributed by atoms with E-state index in [2.05, 4.69) is 26.5 Å². The summed E-state index contributed by atoms with van der Waals surface area (Å²) in [6.45, 7) is 2.80. The Hall–Kier alpha value is -3.32. The van der Waals surface area contributed by atoms with E-state index in [0.29, 0.717) is 24.7 Å². The number of hydrogen-bond donors (Lipinski definition) is 1. The van der Waals surface area contributed by atoms with Crippen LogP contribution in [-0.4, -0.2) is 25.3 Å². The number of rotatable bonds is 10. The topological polar surface area (TPSA) is 69.2 Å². The smallest absolute Gasteiger partial charge is 0.277 e. The minimum atomic E-state index is -0.369. The molecule has 0 radical (unpaired) electrons. The summed E-state index contributed by atoms with van der Waals surface area (Å²) < 4.78 is 17.6. The maximum atomic E-state index is 12.0. The first-order valence-electron chi connectivity index (χ1n) is 9.78. The maximum Gasteiger partial charge on any atom is 0.277 e. The Labute approximate surface area is 190 Å². The number of carbonyl (C=O) groups is 1. The molecular weight excluding hydrogens is 460 g/mol. The number of carbonyl (C=O) groups excluding carboxylic acids is 1. The third kappa shape index (κ3) is 7.46. The summed E-state index contributed by atoms with van der Waals surface area (Å²) in [6.07, 6.45) is 1.54. The molecule has 0 fully saturated rings. The van der Waals surface area contributed by atoms with Gasteiger partial charge in [-0.15, -0.1) is 0 Å². The monoisotopic (exact) mass is 482 g/mol. The Balaban J connectivity index is 1.52. The van der Waals surface area contributed by atoms with Gasteiger partial charge in [0.1, 0.15) is 23.9 Å². The molecule has 0 heterocycles. The van der Waals surface area contributed by atoms with Crippen molar-refractivity contribution < 1.29 is 19.0 Å². The first-order valence-corrected chi connectivity index (χ1v) is 10.6. The van der Waals surface area contributed by atoms with Crippen molar-refractivity contribution in [1.82, 2.24) is 5.43 Å². The minimum absolute atomic E-state index is 0.152. The van der Waals surface area contributed by atoms with Gasteiger partial charge in [0, 0.05) is 10.0 Å². The van der Waals surface area contributed by atoms with Gasteiger partial charge < -0.3 is 14.2 Å². The lowest BCUT2D eigenvalue weighted by molar-refractivity contribution is -0.123. The molecule has 1 N–H and O–H groups in total. The molecule has 3 aromatic rings. The molecule has 0 saturated carbocycles. The predicted octanol–water partition coefficient (Wildman–Crippen LogP) is 4.96. The fourth-order valence-corrected chi connectivity index (χ4v) is 3.02. The lowest BCUT2D eigenvalue weighted by Crippen LogP contribution is -2.24. The van der Waals surface area contributed by atoms with Crippen LogP contribution in [0.25, 0.3) is 0 Å². The Morgan fingerprint density at radius 3 is 2.39 bits per heavy atom. The molecule has 7 heteroatoms. The van der Waals surface area contributed by atoms with Crippen LogP contribution in [0.5, 0.6) is 17.2 Å². The van der Waals surface area contributed by atoms with Gasteiger partial charge in [0.2, 0.25) is 0 Å². The highest BCUT2D eigenvalue weighted by atomic mass is 79.9. The highest BCUT2D eigenvalue weighted by Crippen LogP contribution is 2.23. The molecule has 0 bridgehead atoms. The van der Waals surface area contributed by atoms with Crippen molar-refractivity contribution in [2.45, 2.75) is 13.5 Å². The van der Waals surface area contributed by atoms with Crippen LogP contribution in [-0.2, 0) is 11.4 Å². The van der Waals surface area contributed by atoms with Crippen molar-refractivity contribution in [3.05, 3.63) is 88.4 Å². The second kappa shape index (κ2) is 11.8. The van der Waals surface area contributed by atoms with Crippen LogP contribution in [0.4, 0.5) is 0 Å². The van der Waals surface area contributed by atoms with Gasteiger partial charge in [-0.25, -0.2) is 5.43 Å². The molecule has 0 aromatic heterocycles. The molecule has 1 amide bonds. The molecule has 160 valence electrons. The van der Waals surface area contributed by atoms with E-state index in [1.165, 1.54) is 0 Å². The van der Waals surface area contributed by atoms with Crippen LogP contribution in [0.2, 0.25) is 0 Å². The first-order chi connectivity index (χ1) is 15.1. The Kier molecular flexibility index (Phi) is 8.48. The zero-order valence-corrected chi connectivity index (χ0v) is 18.7. The molecule has 0 saturated heterocycles. The molecule has 0 aliphatic heterocycles. The van der Waals surface area contributed by atoms with E-state index in [-0.39, 0.29) is 12.5 Å². The second-order valence-electron chi connectivity index (χ2n) is 6.44. The van der Waals surface area contributed by atoms with Crippen molar-refractivity contribution in [2.24, 2.45) is 5.10 Å². The minimum Gasteiger partial charge on any atom is -0.494 e. The summed E-state index contributed by atoms with van der Waals surface area (Å²) in [7, 11) is 0.